The van der Waals surface area contributed by atoms with Crippen LogP contribution in [0.1, 0.15) is 50.4 Å². The first-order valence-electron chi connectivity index (χ1n) is 9.66. The van der Waals surface area contributed by atoms with Crippen molar-refractivity contribution in [2.45, 2.75) is 64.1 Å². The molecule has 1 heterocycles. The largest absolute Gasteiger partial charge is 0.325 e. The van der Waals surface area contributed by atoms with E-state index in [9.17, 15) is 4.79 Å². The van der Waals surface area contributed by atoms with Crippen molar-refractivity contribution in [2.75, 3.05) is 11.1 Å². The third-order valence-corrected chi connectivity index (χ3v) is 5.24. The highest BCUT2D eigenvalue weighted by atomic mass is 32.2. The molecule has 1 amide bonds. The first kappa shape index (κ1) is 21.2. The summed E-state index contributed by atoms with van der Waals surface area (Å²) in [5, 5.41) is 12.3. The van der Waals surface area contributed by atoms with Crippen LogP contribution in [0, 0.1) is 6.92 Å². The van der Waals surface area contributed by atoms with Crippen molar-refractivity contribution in [1.29, 1.82) is 0 Å². The molecule has 2 rings (SSSR count). The maximum Gasteiger partial charge on any atom is 0.234 e. The van der Waals surface area contributed by atoms with E-state index in [1.165, 1.54) is 43.0 Å². The molecule has 0 bridgehead atoms. The van der Waals surface area contributed by atoms with Crippen LogP contribution in [0.2, 0.25) is 0 Å². The molecule has 0 atom stereocenters. The molecule has 0 fully saturated rings. The van der Waals surface area contributed by atoms with Crippen molar-refractivity contribution >= 4 is 23.4 Å². The second kappa shape index (κ2) is 11.6. The van der Waals surface area contributed by atoms with E-state index in [1.54, 1.807) is 0 Å². The summed E-state index contributed by atoms with van der Waals surface area (Å²) in [7, 11) is 0. The fourth-order valence-electron chi connectivity index (χ4n) is 2.77. The number of aromatic nitrogens is 3. The number of rotatable bonds is 12. The lowest BCUT2D eigenvalue weighted by Crippen LogP contribution is -2.14. The number of allylic oxidation sites excluding steroid dienone is 1. The smallest absolute Gasteiger partial charge is 0.234 e. The van der Waals surface area contributed by atoms with Crippen molar-refractivity contribution in [3.63, 3.8) is 0 Å². The van der Waals surface area contributed by atoms with E-state index in [0.717, 1.165) is 29.5 Å². The number of nitrogens with one attached hydrogen (secondary N) is 1. The molecule has 1 aromatic heterocycles. The van der Waals surface area contributed by atoms with Crippen molar-refractivity contribution in [3.8, 4) is 0 Å². The number of amides is 1. The minimum absolute atomic E-state index is 0.0434. The van der Waals surface area contributed by atoms with Crippen molar-refractivity contribution in [2.24, 2.45) is 0 Å². The molecule has 0 aliphatic carbocycles. The van der Waals surface area contributed by atoms with Gasteiger partial charge in [-0.15, -0.1) is 16.8 Å². The molecule has 27 heavy (non-hydrogen) atoms. The molecule has 0 saturated carbocycles. The maximum atomic E-state index is 12.2. The summed E-state index contributed by atoms with van der Waals surface area (Å²) in [5.41, 5.74) is 1.98. The van der Waals surface area contributed by atoms with Gasteiger partial charge in [-0.3, -0.25) is 4.79 Å². The zero-order chi connectivity index (χ0) is 19.5. The van der Waals surface area contributed by atoms with Crippen LogP contribution in [0.3, 0.4) is 0 Å². The fourth-order valence-corrected chi connectivity index (χ4v) is 3.54. The van der Waals surface area contributed by atoms with E-state index in [2.05, 4.69) is 33.6 Å². The number of unbranched alkanes of at least 4 members (excludes halogenated alkanes) is 4. The number of nitrogens with zero attached hydrogens (tertiary/aromatic N) is 3. The number of anilines is 1. The number of thioether (sulfide) groups is 1. The first-order valence-corrected chi connectivity index (χ1v) is 10.6. The minimum atomic E-state index is -0.0434. The quantitative estimate of drug-likeness (QED) is 0.316. The SMILES string of the molecule is C=CCn1c(CCCCCCC)nnc1SCC(=O)Nc1ccc(C)cc1. The van der Waals surface area contributed by atoms with Gasteiger partial charge >= 0.3 is 0 Å². The van der Waals surface area contributed by atoms with Crippen LogP contribution in [0.5, 0.6) is 0 Å². The Balaban J connectivity index is 1.88. The van der Waals surface area contributed by atoms with Crippen LogP contribution in [0.15, 0.2) is 42.1 Å². The fraction of sp³-hybridized carbons (Fsp3) is 0.476. The number of hydrogen-bond donors (Lipinski definition) is 1. The van der Waals surface area contributed by atoms with Crippen LogP contribution in [-0.4, -0.2) is 26.4 Å². The van der Waals surface area contributed by atoms with Gasteiger partial charge in [0.2, 0.25) is 5.91 Å². The van der Waals surface area contributed by atoms with Gasteiger partial charge in [0, 0.05) is 18.7 Å². The normalized spacial score (nSPS) is 10.7. The number of aryl methyl sites for hydroxylation is 2. The summed E-state index contributed by atoms with van der Waals surface area (Å²) in [6.07, 6.45) is 8.91. The molecule has 5 nitrogen and oxygen atoms in total. The van der Waals surface area contributed by atoms with Gasteiger partial charge < -0.3 is 9.88 Å². The van der Waals surface area contributed by atoms with E-state index in [-0.39, 0.29) is 5.91 Å². The summed E-state index contributed by atoms with van der Waals surface area (Å²) >= 11 is 1.42. The zero-order valence-corrected chi connectivity index (χ0v) is 17.2. The van der Waals surface area contributed by atoms with E-state index in [1.807, 2.05) is 37.3 Å². The van der Waals surface area contributed by atoms with Gasteiger partial charge in [-0.2, -0.15) is 0 Å². The lowest BCUT2D eigenvalue weighted by atomic mass is 10.1. The average molecular weight is 387 g/mol. The predicted molar refractivity (Wildman–Crippen MR) is 113 cm³/mol. The predicted octanol–water partition coefficient (Wildman–Crippen LogP) is 5.02. The Labute approximate surface area is 166 Å². The van der Waals surface area contributed by atoms with Crippen LogP contribution >= 0.6 is 11.8 Å². The summed E-state index contributed by atoms with van der Waals surface area (Å²) in [5.74, 6) is 1.24. The van der Waals surface area contributed by atoms with Gasteiger partial charge in [0.05, 0.1) is 5.75 Å². The van der Waals surface area contributed by atoms with Crippen LogP contribution < -0.4 is 5.32 Å². The lowest BCUT2D eigenvalue weighted by Gasteiger charge is -2.08. The molecule has 0 radical (unpaired) electrons. The Morgan fingerprint density at radius 2 is 1.93 bits per heavy atom. The van der Waals surface area contributed by atoms with Gasteiger partial charge in [-0.05, 0) is 25.5 Å². The maximum absolute atomic E-state index is 12.2. The molecule has 0 spiro atoms. The lowest BCUT2D eigenvalue weighted by molar-refractivity contribution is -0.113. The molecule has 146 valence electrons. The standard InChI is InChI=1S/C21H30N4OS/c1-4-6-7-8-9-10-19-23-24-21(25(19)15-5-2)27-16-20(26)22-18-13-11-17(3)12-14-18/h5,11-14H,2,4,6-10,15-16H2,1,3H3,(H,22,26). The molecule has 1 aromatic carbocycles. The van der Waals surface area contributed by atoms with E-state index >= 15 is 0 Å². The van der Waals surface area contributed by atoms with E-state index in [4.69, 9.17) is 0 Å². The summed E-state index contributed by atoms with van der Waals surface area (Å²) < 4.78 is 2.07. The Morgan fingerprint density at radius 3 is 2.63 bits per heavy atom. The van der Waals surface area contributed by atoms with E-state index in [0.29, 0.717) is 12.3 Å². The Kier molecular flexibility index (Phi) is 9.11. The number of hydrogen-bond acceptors (Lipinski definition) is 4. The molecule has 0 aliphatic rings. The zero-order valence-electron chi connectivity index (χ0n) is 16.4. The van der Waals surface area contributed by atoms with Crippen molar-refractivity contribution in [3.05, 3.63) is 48.3 Å². The van der Waals surface area contributed by atoms with Gasteiger partial charge in [0.15, 0.2) is 5.16 Å². The number of carbonyl (C=O) groups is 1. The second-order valence-corrected chi connectivity index (χ2v) is 7.61. The molecule has 0 unspecified atom stereocenters. The van der Waals surface area contributed by atoms with Crippen LogP contribution in [0.4, 0.5) is 5.69 Å². The Morgan fingerprint density at radius 1 is 1.19 bits per heavy atom. The topological polar surface area (TPSA) is 59.8 Å². The molecule has 6 heteroatoms. The highest BCUT2D eigenvalue weighted by Crippen LogP contribution is 2.19. The molecule has 1 N–H and O–H groups in total. The van der Waals surface area contributed by atoms with Gasteiger partial charge in [0.25, 0.3) is 0 Å². The molecule has 0 saturated heterocycles. The highest BCUT2D eigenvalue weighted by molar-refractivity contribution is 7.99. The summed E-state index contributed by atoms with van der Waals surface area (Å²) in [4.78, 5) is 12.2. The highest BCUT2D eigenvalue weighted by Gasteiger charge is 2.13. The first-order chi connectivity index (χ1) is 13.1. The average Bonchev–Trinajstić information content (AvgIpc) is 3.04. The monoisotopic (exact) mass is 386 g/mol. The minimum Gasteiger partial charge on any atom is -0.325 e. The third-order valence-electron chi connectivity index (χ3n) is 4.28. The van der Waals surface area contributed by atoms with Crippen LogP contribution in [-0.2, 0) is 17.8 Å². The summed E-state index contributed by atoms with van der Waals surface area (Å²) in [6.45, 7) is 8.74. The van der Waals surface area contributed by atoms with Crippen molar-refractivity contribution in [1.82, 2.24) is 14.8 Å². The Hall–Kier alpha value is -2.08. The number of benzene rings is 1. The van der Waals surface area contributed by atoms with Gasteiger partial charge in [-0.1, -0.05) is 68.1 Å². The second-order valence-electron chi connectivity index (χ2n) is 6.67. The molecule has 0 aliphatic heterocycles. The Bertz CT molecular complexity index is 724. The molecular formula is C21H30N4OS. The summed E-state index contributed by atoms with van der Waals surface area (Å²) in [6, 6.07) is 7.79. The molecule has 2 aromatic rings. The molecular weight excluding hydrogens is 356 g/mol. The number of carbonyl (C=O) groups excluding carboxylic acids is 1. The third kappa shape index (κ3) is 7.21. The van der Waals surface area contributed by atoms with Crippen molar-refractivity contribution < 1.29 is 4.79 Å². The van der Waals surface area contributed by atoms with Crippen LogP contribution in [0.25, 0.3) is 0 Å². The van der Waals surface area contributed by atoms with Gasteiger partial charge in [0.1, 0.15) is 5.82 Å². The van der Waals surface area contributed by atoms with Gasteiger partial charge in [-0.25, -0.2) is 0 Å². The van der Waals surface area contributed by atoms with E-state index < -0.39 is 0 Å².